The summed E-state index contributed by atoms with van der Waals surface area (Å²) in [6.45, 7) is 6.77. The van der Waals surface area contributed by atoms with Gasteiger partial charge in [0.15, 0.2) is 0 Å². The molecule has 0 bridgehead atoms. The Kier molecular flexibility index (Phi) is 6.58. The summed E-state index contributed by atoms with van der Waals surface area (Å²) in [6, 6.07) is 11.9. The van der Waals surface area contributed by atoms with Gasteiger partial charge in [0.25, 0.3) is 0 Å². The monoisotopic (exact) mass is 445 g/mol. The lowest BCUT2D eigenvalue weighted by atomic mass is 9.79. The molecule has 2 unspecified atom stereocenters. The Morgan fingerprint density at radius 2 is 1.85 bits per heavy atom. The van der Waals surface area contributed by atoms with Gasteiger partial charge in [0, 0.05) is 43.9 Å². The fourth-order valence-electron chi connectivity index (χ4n) is 4.57. The van der Waals surface area contributed by atoms with Gasteiger partial charge in [-0.05, 0) is 62.4 Å². The van der Waals surface area contributed by atoms with Crippen LogP contribution in [-0.2, 0) is 16.0 Å². The number of carbonyl (C=O) groups excluding carboxylic acids is 2. The van der Waals surface area contributed by atoms with E-state index in [9.17, 15) is 9.59 Å². The zero-order chi connectivity index (χ0) is 23.4. The molecule has 0 aliphatic carbocycles. The van der Waals surface area contributed by atoms with Crippen LogP contribution in [0.4, 0.5) is 0 Å². The first kappa shape index (κ1) is 22.7. The molecule has 2 aromatic heterocycles. The molecule has 0 saturated carbocycles. The molecule has 4 rings (SSSR count). The molecule has 1 fully saturated rings. The highest BCUT2D eigenvalue weighted by atomic mass is 16.2. The Balaban J connectivity index is 1.58. The summed E-state index contributed by atoms with van der Waals surface area (Å²) in [4.78, 5) is 36.6. The van der Waals surface area contributed by atoms with E-state index in [0.29, 0.717) is 25.9 Å². The van der Waals surface area contributed by atoms with Crippen LogP contribution in [0.1, 0.15) is 38.8 Å². The minimum Gasteiger partial charge on any atom is -0.353 e. The number of likely N-dealkylation sites (tertiary alicyclic amines) is 1. The summed E-state index contributed by atoms with van der Waals surface area (Å²) >= 11 is 0. The molecule has 1 aromatic carbocycles. The van der Waals surface area contributed by atoms with Gasteiger partial charge in [0.1, 0.15) is 6.04 Å². The van der Waals surface area contributed by atoms with Gasteiger partial charge in [-0.1, -0.05) is 24.3 Å². The molecule has 0 spiro atoms. The number of aromatic nitrogens is 3. The van der Waals surface area contributed by atoms with Gasteiger partial charge < -0.3 is 14.8 Å². The number of carbonyl (C=O) groups is 2. The Labute approximate surface area is 194 Å². The van der Waals surface area contributed by atoms with Gasteiger partial charge >= 0.3 is 0 Å². The van der Waals surface area contributed by atoms with E-state index < -0.39 is 5.41 Å². The minimum absolute atomic E-state index is 0.0115. The van der Waals surface area contributed by atoms with Crippen LogP contribution in [0.3, 0.4) is 0 Å². The number of rotatable bonds is 7. The Hall–Kier alpha value is -3.48. The van der Waals surface area contributed by atoms with Crippen molar-refractivity contribution in [2.45, 2.75) is 45.7 Å². The number of hydrogen-bond acceptors (Lipinski definition) is 4. The van der Waals surface area contributed by atoms with Crippen molar-refractivity contribution < 1.29 is 9.59 Å². The fraction of sp³-hybridized carbons (Fsp3) is 0.385. The number of imidazole rings is 1. The predicted octanol–water partition coefficient (Wildman–Crippen LogP) is 3.49. The van der Waals surface area contributed by atoms with Crippen molar-refractivity contribution in [2.75, 3.05) is 13.1 Å². The number of pyridine rings is 1. The van der Waals surface area contributed by atoms with Crippen molar-refractivity contribution in [1.29, 1.82) is 0 Å². The van der Waals surface area contributed by atoms with Crippen LogP contribution in [-0.4, -0.2) is 50.4 Å². The Morgan fingerprint density at radius 3 is 2.55 bits per heavy atom. The zero-order valence-electron chi connectivity index (χ0n) is 19.4. The van der Waals surface area contributed by atoms with E-state index in [1.165, 1.54) is 0 Å². The maximum Gasteiger partial charge on any atom is 0.245 e. The van der Waals surface area contributed by atoms with E-state index in [0.717, 1.165) is 16.7 Å². The van der Waals surface area contributed by atoms with Crippen LogP contribution in [0.15, 0.2) is 67.5 Å². The van der Waals surface area contributed by atoms with Crippen LogP contribution in [0, 0.1) is 5.41 Å². The van der Waals surface area contributed by atoms with Crippen LogP contribution in [0.25, 0.3) is 11.1 Å². The summed E-state index contributed by atoms with van der Waals surface area (Å²) in [7, 11) is 0. The number of hydrogen-bond donors (Lipinski definition) is 1. The fourth-order valence-corrected chi connectivity index (χ4v) is 4.57. The molecule has 3 aromatic rings. The van der Waals surface area contributed by atoms with E-state index in [2.05, 4.69) is 33.5 Å². The average Bonchev–Trinajstić information content (AvgIpc) is 3.50. The zero-order valence-corrected chi connectivity index (χ0v) is 19.4. The lowest BCUT2D eigenvalue weighted by Gasteiger charge is -2.30. The van der Waals surface area contributed by atoms with Gasteiger partial charge in [0.2, 0.25) is 11.8 Å². The van der Waals surface area contributed by atoms with Crippen molar-refractivity contribution in [1.82, 2.24) is 24.8 Å². The summed E-state index contributed by atoms with van der Waals surface area (Å²) in [5, 5.41) is 3.11. The third-order valence-electron chi connectivity index (χ3n) is 6.38. The van der Waals surface area contributed by atoms with Crippen LogP contribution in [0.2, 0.25) is 0 Å². The first-order chi connectivity index (χ1) is 15.9. The van der Waals surface area contributed by atoms with Crippen molar-refractivity contribution in [3.8, 4) is 11.1 Å². The highest BCUT2D eigenvalue weighted by Crippen LogP contribution is 2.36. The number of nitrogens with zero attached hydrogens (tertiary/aromatic N) is 4. The molecule has 1 N–H and O–H groups in total. The molecular weight excluding hydrogens is 414 g/mol. The van der Waals surface area contributed by atoms with E-state index in [1.54, 1.807) is 35.7 Å². The molecule has 1 aliphatic heterocycles. The second-order valence-corrected chi connectivity index (χ2v) is 9.22. The Morgan fingerprint density at radius 1 is 1.06 bits per heavy atom. The van der Waals surface area contributed by atoms with E-state index in [4.69, 9.17) is 0 Å². The SMILES string of the molecule is CC(C)NC(=O)C1(Cc2cccc(-c3ccncc3)c2)CCN(C(=O)C(C)n2ccnc2)C1. The molecule has 33 heavy (non-hydrogen) atoms. The van der Waals surface area contributed by atoms with Crippen LogP contribution < -0.4 is 5.32 Å². The van der Waals surface area contributed by atoms with E-state index in [-0.39, 0.29) is 23.9 Å². The average molecular weight is 446 g/mol. The van der Waals surface area contributed by atoms with Gasteiger partial charge in [0.05, 0.1) is 11.7 Å². The highest BCUT2D eigenvalue weighted by molar-refractivity contribution is 5.87. The molecule has 172 valence electrons. The van der Waals surface area contributed by atoms with Gasteiger partial charge in [-0.2, -0.15) is 0 Å². The molecule has 1 aliphatic rings. The molecule has 7 nitrogen and oxygen atoms in total. The predicted molar refractivity (Wildman–Crippen MR) is 127 cm³/mol. The third kappa shape index (κ3) is 4.97. The van der Waals surface area contributed by atoms with Gasteiger partial charge in [-0.3, -0.25) is 14.6 Å². The number of benzene rings is 1. The minimum atomic E-state index is -0.661. The van der Waals surface area contributed by atoms with E-state index in [1.807, 2.05) is 43.9 Å². The number of nitrogens with one attached hydrogen (secondary N) is 1. The molecule has 2 amide bonds. The maximum absolute atomic E-state index is 13.4. The topological polar surface area (TPSA) is 80.1 Å². The smallest absolute Gasteiger partial charge is 0.245 e. The summed E-state index contributed by atoms with van der Waals surface area (Å²) in [5.74, 6) is 0.0233. The lowest BCUT2D eigenvalue weighted by Crippen LogP contribution is -2.47. The lowest BCUT2D eigenvalue weighted by molar-refractivity contribution is -0.135. The number of amides is 2. The van der Waals surface area contributed by atoms with E-state index >= 15 is 0 Å². The van der Waals surface area contributed by atoms with Crippen molar-refractivity contribution in [3.63, 3.8) is 0 Å². The van der Waals surface area contributed by atoms with Crippen molar-refractivity contribution in [3.05, 3.63) is 73.1 Å². The normalized spacial score (nSPS) is 19.0. The molecular formula is C26H31N5O2. The second kappa shape index (κ2) is 9.57. The van der Waals surface area contributed by atoms with Crippen LogP contribution >= 0.6 is 0 Å². The molecule has 7 heteroatoms. The van der Waals surface area contributed by atoms with Gasteiger partial charge in [-0.25, -0.2) is 4.98 Å². The van der Waals surface area contributed by atoms with Crippen LogP contribution in [0.5, 0.6) is 0 Å². The van der Waals surface area contributed by atoms with Crippen molar-refractivity contribution in [2.24, 2.45) is 5.41 Å². The summed E-state index contributed by atoms with van der Waals surface area (Å²) < 4.78 is 1.80. The maximum atomic E-state index is 13.4. The quantitative estimate of drug-likeness (QED) is 0.604. The summed E-state index contributed by atoms with van der Waals surface area (Å²) in [5.41, 5.74) is 2.60. The Bertz CT molecular complexity index is 1100. The standard InChI is InChI=1S/C26H31N5O2/c1-19(2)29-25(33)26(9-13-30(17-26)24(32)20(3)31-14-12-28-18-31)16-21-5-4-6-23(15-21)22-7-10-27-11-8-22/h4-8,10-12,14-15,18-20H,9,13,16-17H2,1-3H3,(H,29,33). The first-order valence-corrected chi connectivity index (χ1v) is 11.4. The molecule has 1 saturated heterocycles. The largest absolute Gasteiger partial charge is 0.353 e. The van der Waals surface area contributed by atoms with Gasteiger partial charge in [-0.15, -0.1) is 0 Å². The molecule has 0 radical (unpaired) electrons. The summed E-state index contributed by atoms with van der Waals surface area (Å²) in [6.07, 6.45) is 9.89. The third-order valence-corrected chi connectivity index (χ3v) is 6.38. The highest BCUT2D eigenvalue weighted by Gasteiger charge is 2.46. The molecule has 3 heterocycles. The first-order valence-electron chi connectivity index (χ1n) is 11.4. The molecule has 2 atom stereocenters. The second-order valence-electron chi connectivity index (χ2n) is 9.22. The van der Waals surface area contributed by atoms with Crippen molar-refractivity contribution >= 4 is 11.8 Å².